The summed E-state index contributed by atoms with van der Waals surface area (Å²) in [5.74, 6) is 0.522. The van der Waals surface area contributed by atoms with Gasteiger partial charge in [0.2, 0.25) is 0 Å². The molecule has 0 unspecified atom stereocenters. The maximum atomic E-state index is 6.12. The minimum atomic E-state index is 0.522. The van der Waals surface area contributed by atoms with Gasteiger partial charge >= 0.3 is 0 Å². The van der Waals surface area contributed by atoms with Crippen LogP contribution < -0.4 is 11.1 Å². The van der Waals surface area contributed by atoms with Crippen molar-refractivity contribution in [3.63, 3.8) is 0 Å². The lowest BCUT2D eigenvalue weighted by molar-refractivity contribution is 0.866. The fraction of sp³-hybridized carbons (Fsp3) is 0.333. The van der Waals surface area contributed by atoms with Crippen molar-refractivity contribution in [1.82, 2.24) is 0 Å². The molecule has 0 bridgehead atoms. The Labute approximate surface area is 122 Å². The summed E-state index contributed by atoms with van der Waals surface area (Å²) >= 11 is 0. The third-order valence-electron chi connectivity index (χ3n) is 3.86. The van der Waals surface area contributed by atoms with Gasteiger partial charge in [0, 0.05) is 5.69 Å². The van der Waals surface area contributed by atoms with Crippen LogP contribution >= 0.6 is 0 Å². The number of anilines is 3. The number of nitrogen functional groups attached to an aromatic ring is 1. The molecule has 0 aromatic heterocycles. The maximum absolute atomic E-state index is 6.12. The van der Waals surface area contributed by atoms with E-state index in [2.05, 4.69) is 64.2 Å². The number of aryl methyl sites for hydroxylation is 3. The lowest BCUT2D eigenvalue weighted by Gasteiger charge is -2.16. The van der Waals surface area contributed by atoms with Crippen molar-refractivity contribution in [2.45, 2.75) is 40.5 Å². The fourth-order valence-electron chi connectivity index (χ4n) is 2.23. The van der Waals surface area contributed by atoms with Gasteiger partial charge in [-0.2, -0.15) is 0 Å². The number of hydrogen-bond acceptors (Lipinski definition) is 2. The van der Waals surface area contributed by atoms with Crippen molar-refractivity contribution >= 4 is 17.1 Å². The van der Waals surface area contributed by atoms with Crippen LogP contribution in [0.1, 0.15) is 42.0 Å². The summed E-state index contributed by atoms with van der Waals surface area (Å²) in [4.78, 5) is 0. The molecular formula is C18H24N2. The molecule has 0 aliphatic heterocycles. The first kappa shape index (κ1) is 14.4. The molecule has 0 saturated carbocycles. The molecule has 0 atom stereocenters. The Balaban J connectivity index is 2.39. The van der Waals surface area contributed by atoms with E-state index in [1.807, 2.05) is 6.07 Å². The maximum Gasteiger partial charge on any atom is 0.0620 e. The van der Waals surface area contributed by atoms with Crippen LogP contribution in [0.15, 0.2) is 30.3 Å². The Morgan fingerprint density at radius 1 is 0.850 bits per heavy atom. The molecule has 2 rings (SSSR count). The zero-order chi connectivity index (χ0) is 14.9. The summed E-state index contributed by atoms with van der Waals surface area (Å²) in [5, 5.41) is 3.48. The Morgan fingerprint density at radius 3 is 2.15 bits per heavy atom. The van der Waals surface area contributed by atoms with Crippen molar-refractivity contribution in [2.75, 3.05) is 11.1 Å². The van der Waals surface area contributed by atoms with E-state index in [-0.39, 0.29) is 0 Å². The van der Waals surface area contributed by atoms with Gasteiger partial charge < -0.3 is 11.1 Å². The van der Waals surface area contributed by atoms with Gasteiger partial charge in [-0.3, -0.25) is 0 Å². The molecule has 106 valence electrons. The topological polar surface area (TPSA) is 38.0 Å². The van der Waals surface area contributed by atoms with E-state index >= 15 is 0 Å². The van der Waals surface area contributed by atoms with Gasteiger partial charge in [-0.05, 0) is 67.1 Å². The van der Waals surface area contributed by atoms with E-state index in [0.29, 0.717) is 5.92 Å². The second-order valence-corrected chi connectivity index (χ2v) is 5.88. The second kappa shape index (κ2) is 5.58. The molecule has 0 radical (unpaired) electrons. The third-order valence-corrected chi connectivity index (χ3v) is 3.86. The molecule has 0 aliphatic carbocycles. The molecule has 0 aliphatic rings. The van der Waals surface area contributed by atoms with Crippen LogP contribution in [-0.2, 0) is 0 Å². The Hall–Kier alpha value is -1.96. The molecule has 2 nitrogen and oxygen atoms in total. The van der Waals surface area contributed by atoms with Gasteiger partial charge in [-0.15, -0.1) is 0 Å². The van der Waals surface area contributed by atoms with Gasteiger partial charge in [-0.25, -0.2) is 0 Å². The summed E-state index contributed by atoms with van der Waals surface area (Å²) in [6.07, 6.45) is 0. The minimum Gasteiger partial charge on any atom is -0.397 e. The highest BCUT2D eigenvalue weighted by molar-refractivity contribution is 5.75. The lowest BCUT2D eigenvalue weighted by atomic mass is 10.0. The van der Waals surface area contributed by atoms with Crippen molar-refractivity contribution in [3.05, 3.63) is 52.6 Å². The number of hydrogen-bond donors (Lipinski definition) is 2. The molecule has 2 aromatic carbocycles. The Morgan fingerprint density at radius 2 is 1.50 bits per heavy atom. The smallest absolute Gasteiger partial charge is 0.0620 e. The predicted molar refractivity (Wildman–Crippen MR) is 88.9 cm³/mol. The average Bonchev–Trinajstić information content (AvgIpc) is 2.38. The fourth-order valence-corrected chi connectivity index (χ4v) is 2.23. The van der Waals surface area contributed by atoms with Crippen LogP contribution in [-0.4, -0.2) is 0 Å². The first-order valence-corrected chi connectivity index (χ1v) is 7.12. The van der Waals surface area contributed by atoms with Crippen LogP contribution in [0.3, 0.4) is 0 Å². The first-order valence-electron chi connectivity index (χ1n) is 7.12. The van der Waals surface area contributed by atoms with Crippen molar-refractivity contribution in [3.8, 4) is 0 Å². The second-order valence-electron chi connectivity index (χ2n) is 5.88. The standard InChI is InChI=1S/C18H24N2/c1-11(2)15-7-6-12(3)17(10-15)20-18-9-14(5)13(4)8-16(18)19/h6-11,20H,19H2,1-5H3. The van der Waals surface area contributed by atoms with Gasteiger partial charge in [0.1, 0.15) is 0 Å². The minimum absolute atomic E-state index is 0.522. The van der Waals surface area contributed by atoms with Crippen molar-refractivity contribution < 1.29 is 0 Å². The van der Waals surface area contributed by atoms with Crippen molar-refractivity contribution in [2.24, 2.45) is 0 Å². The van der Waals surface area contributed by atoms with Gasteiger partial charge in [0.15, 0.2) is 0 Å². The van der Waals surface area contributed by atoms with Crippen LogP contribution in [0.25, 0.3) is 0 Å². The summed E-state index contributed by atoms with van der Waals surface area (Å²) in [6.45, 7) is 10.7. The van der Waals surface area contributed by atoms with Crippen LogP contribution in [0.2, 0.25) is 0 Å². The molecule has 0 amide bonds. The molecule has 2 aromatic rings. The Bertz CT molecular complexity index is 628. The highest BCUT2D eigenvalue weighted by Gasteiger charge is 2.07. The van der Waals surface area contributed by atoms with Gasteiger partial charge in [0.05, 0.1) is 11.4 Å². The average molecular weight is 268 g/mol. The predicted octanol–water partition coefficient (Wildman–Crippen LogP) is 5.06. The Kier molecular flexibility index (Phi) is 4.03. The zero-order valence-electron chi connectivity index (χ0n) is 13.0. The van der Waals surface area contributed by atoms with E-state index in [4.69, 9.17) is 5.73 Å². The largest absolute Gasteiger partial charge is 0.397 e. The molecule has 0 fully saturated rings. The van der Waals surface area contributed by atoms with Crippen LogP contribution in [0.4, 0.5) is 17.1 Å². The zero-order valence-corrected chi connectivity index (χ0v) is 13.0. The van der Waals surface area contributed by atoms with E-state index in [1.54, 1.807) is 0 Å². The molecule has 0 heterocycles. The van der Waals surface area contributed by atoms with Crippen molar-refractivity contribution in [1.29, 1.82) is 0 Å². The van der Waals surface area contributed by atoms with Crippen LogP contribution in [0.5, 0.6) is 0 Å². The molecule has 0 spiro atoms. The summed E-state index contributed by atoms with van der Waals surface area (Å²) in [5.41, 5.74) is 14.1. The lowest BCUT2D eigenvalue weighted by Crippen LogP contribution is -2.00. The normalized spacial score (nSPS) is 10.9. The molecule has 3 N–H and O–H groups in total. The van der Waals surface area contributed by atoms with E-state index in [0.717, 1.165) is 17.1 Å². The quantitative estimate of drug-likeness (QED) is 0.763. The number of benzene rings is 2. The van der Waals surface area contributed by atoms with E-state index in [9.17, 15) is 0 Å². The molecule has 0 saturated heterocycles. The van der Waals surface area contributed by atoms with E-state index < -0.39 is 0 Å². The van der Waals surface area contributed by atoms with Crippen LogP contribution in [0, 0.1) is 20.8 Å². The highest BCUT2D eigenvalue weighted by atomic mass is 14.9. The third kappa shape index (κ3) is 2.96. The van der Waals surface area contributed by atoms with E-state index in [1.165, 1.54) is 22.3 Å². The first-order chi connectivity index (χ1) is 9.38. The summed E-state index contributed by atoms with van der Waals surface area (Å²) < 4.78 is 0. The summed E-state index contributed by atoms with van der Waals surface area (Å²) in [7, 11) is 0. The number of nitrogens with two attached hydrogens (primary N) is 1. The number of nitrogens with one attached hydrogen (secondary N) is 1. The summed E-state index contributed by atoms with van der Waals surface area (Å²) in [6, 6.07) is 10.7. The SMILES string of the molecule is Cc1cc(N)c(Nc2cc(C(C)C)ccc2C)cc1C. The molecule has 2 heteroatoms. The monoisotopic (exact) mass is 268 g/mol. The number of rotatable bonds is 3. The molecular weight excluding hydrogens is 244 g/mol. The van der Waals surface area contributed by atoms with Gasteiger partial charge in [-0.1, -0.05) is 26.0 Å². The highest BCUT2D eigenvalue weighted by Crippen LogP contribution is 2.29. The molecule has 20 heavy (non-hydrogen) atoms. The van der Waals surface area contributed by atoms with Gasteiger partial charge in [0.25, 0.3) is 0 Å².